The molecule has 0 unspecified atom stereocenters. The molecule has 0 radical (unpaired) electrons. The minimum Gasteiger partial charge on any atom is -0.399 e. The van der Waals surface area contributed by atoms with Crippen LogP contribution in [0.3, 0.4) is 0 Å². The number of imide groups is 1. The lowest BCUT2D eigenvalue weighted by Gasteiger charge is -2.11. The summed E-state index contributed by atoms with van der Waals surface area (Å²) in [5.74, 6) is -0.844. The van der Waals surface area contributed by atoms with Crippen molar-refractivity contribution in [2.75, 3.05) is 32.1 Å². The van der Waals surface area contributed by atoms with Crippen LogP contribution in [0.25, 0.3) is 33.0 Å². The Morgan fingerprint density at radius 1 is 0.906 bits per heavy atom. The van der Waals surface area contributed by atoms with Gasteiger partial charge in [0, 0.05) is 69.8 Å². The molecule has 1 aliphatic rings. The van der Waals surface area contributed by atoms with Gasteiger partial charge in [-0.3, -0.25) is 14.9 Å². The summed E-state index contributed by atoms with van der Waals surface area (Å²) in [6.07, 6.45) is 3.68. The number of benzene rings is 2. The number of amides is 2. The molecule has 0 fully saturated rings. The smallest absolute Gasteiger partial charge is 0.259 e. The number of carbonyl (C=O) groups excluding carboxylic acids is 2. The van der Waals surface area contributed by atoms with Crippen molar-refractivity contribution in [2.24, 2.45) is 0 Å². The van der Waals surface area contributed by atoms with Crippen LogP contribution < -0.4 is 16.8 Å². The Kier molecular flexibility index (Phi) is 4.53. The first-order valence-corrected chi connectivity index (χ1v) is 10.3. The van der Waals surface area contributed by atoms with E-state index < -0.39 is 11.8 Å². The number of aromatic nitrogens is 2. The van der Waals surface area contributed by atoms with Gasteiger partial charge in [-0.2, -0.15) is 0 Å². The molecule has 0 aliphatic carbocycles. The number of aromatic amines is 1. The highest BCUT2D eigenvalue weighted by atomic mass is 16.2. The average molecular weight is 428 g/mol. The third-order valence-corrected chi connectivity index (χ3v) is 5.87. The van der Waals surface area contributed by atoms with Crippen molar-refractivity contribution in [2.45, 2.75) is 6.54 Å². The van der Waals surface area contributed by atoms with Gasteiger partial charge in [0.2, 0.25) is 0 Å². The molecule has 2 aromatic heterocycles. The third-order valence-electron chi connectivity index (χ3n) is 5.87. The lowest BCUT2D eigenvalue weighted by Crippen LogP contribution is -2.22. The summed E-state index contributed by atoms with van der Waals surface area (Å²) in [4.78, 5) is 31.2. The lowest BCUT2D eigenvalue weighted by atomic mass is 9.95. The van der Waals surface area contributed by atoms with Gasteiger partial charge in [-0.05, 0) is 50.5 Å². The summed E-state index contributed by atoms with van der Waals surface area (Å²) in [5, 5.41) is 4.10. The van der Waals surface area contributed by atoms with Crippen molar-refractivity contribution in [3.05, 3.63) is 59.9 Å². The maximum absolute atomic E-state index is 13.0. The summed E-state index contributed by atoms with van der Waals surface area (Å²) < 4.78 is 2.10. The van der Waals surface area contributed by atoms with Crippen molar-refractivity contribution in [3.8, 4) is 0 Å². The number of nitrogen functional groups attached to an aromatic ring is 2. The van der Waals surface area contributed by atoms with Gasteiger partial charge < -0.3 is 25.9 Å². The standard InChI is InChI=1S/C24H24N6O2/c1-29(2)7-8-30-12-18(16-10-14(26)4-6-20(16)30)22-21(23(31)28-24(22)32)17-11-27-19-5-3-13(25)9-15(17)19/h3-6,9-12,27H,7-8,25-26H2,1-2H3,(H,28,31,32). The van der Waals surface area contributed by atoms with E-state index in [9.17, 15) is 9.59 Å². The molecule has 4 aromatic rings. The first-order chi connectivity index (χ1) is 15.3. The molecule has 5 rings (SSSR count). The predicted octanol–water partition coefficient (Wildman–Crippen LogP) is 2.42. The first-order valence-electron chi connectivity index (χ1n) is 10.3. The Morgan fingerprint density at radius 2 is 1.56 bits per heavy atom. The molecule has 2 aromatic carbocycles. The monoisotopic (exact) mass is 428 g/mol. The van der Waals surface area contributed by atoms with Crippen LogP contribution in [0, 0.1) is 0 Å². The number of carbonyl (C=O) groups is 2. The van der Waals surface area contributed by atoms with Crippen LogP contribution in [0.15, 0.2) is 48.8 Å². The fourth-order valence-electron chi connectivity index (χ4n) is 4.32. The number of nitrogens with two attached hydrogens (primary N) is 2. The van der Waals surface area contributed by atoms with E-state index in [-0.39, 0.29) is 0 Å². The molecule has 8 nitrogen and oxygen atoms in total. The van der Waals surface area contributed by atoms with Gasteiger partial charge in [0.25, 0.3) is 11.8 Å². The highest BCUT2D eigenvalue weighted by Gasteiger charge is 2.35. The van der Waals surface area contributed by atoms with E-state index in [1.165, 1.54) is 0 Å². The lowest BCUT2D eigenvalue weighted by molar-refractivity contribution is -0.122. The molecule has 6 N–H and O–H groups in total. The molecule has 32 heavy (non-hydrogen) atoms. The van der Waals surface area contributed by atoms with Crippen molar-refractivity contribution in [1.82, 2.24) is 19.8 Å². The van der Waals surface area contributed by atoms with Crippen LogP contribution in [0.5, 0.6) is 0 Å². The van der Waals surface area contributed by atoms with E-state index in [4.69, 9.17) is 11.5 Å². The molecule has 0 saturated heterocycles. The van der Waals surface area contributed by atoms with E-state index in [1.807, 2.05) is 44.6 Å². The largest absolute Gasteiger partial charge is 0.399 e. The number of anilines is 2. The SMILES string of the molecule is CN(C)CCn1cc(C2=C(c3c[nH]c4ccc(N)cc34)C(=O)NC2=O)c2cc(N)ccc21. The van der Waals surface area contributed by atoms with Crippen LogP contribution in [-0.2, 0) is 16.1 Å². The summed E-state index contributed by atoms with van der Waals surface area (Å²) in [6, 6.07) is 11.1. The number of nitrogens with zero attached hydrogens (tertiary/aromatic N) is 2. The zero-order valence-electron chi connectivity index (χ0n) is 17.9. The van der Waals surface area contributed by atoms with E-state index in [1.54, 1.807) is 18.3 Å². The highest BCUT2D eigenvalue weighted by molar-refractivity contribution is 6.50. The van der Waals surface area contributed by atoms with Crippen molar-refractivity contribution in [1.29, 1.82) is 0 Å². The predicted molar refractivity (Wildman–Crippen MR) is 128 cm³/mol. The Hall–Kier alpha value is -4.04. The van der Waals surface area contributed by atoms with E-state index in [2.05, 4.69) is 19.8 Å². The molecule has 0 saturated carbocycles. The van der Waals surface area contributed by atoms with Gasteiger partial charge >= 0.3 is 0 Å². The highest BCUT2D eigenvalue weighted by Crippen LogP contribution is 2.39. The molecular weight excluding hydrogens is 404 g/mol. The summed E-state index contributed by atoms with van der Waals surface area (Å²) in [6.45, 7) is 1.56. The molecule has 162 valence electrons. The fourth-order valence-corrected chi connectivity index (χ4v) is 4.32. The summed E-state index contributed by atoms with van der Waals surface area (Å²) in [7, 11) is 4.02. The Morgan fingerprint density at radius 3 is 2.28 bits per heavy atom. The van der Waals surface area contributed by atoms with Gasteiger partial charge in [0.15, 0.2) is 0 Å². The van der Waals surface area contributed by atoms with E-state index in [0.717, 1.165) is 34.9 Å². The molecule has 2 amide bonds. The number of H-pyrrole nitrogens is 1. The van der Waals surface area contributed by atoms with Gasteiger partial charge in [-0.25, -0.2) is 0 Å². The van der Waals surface area contributed by atoms with Gasteiger partial charge in [0.05, 0.1) is 11.1 Å². The second-order valence-electron chi connectivity index (χ2n) is 8.36. The maximum Gasteiger partial charge on any atom is 0.259 e. The topological polar surface area (TPSA) is 122 Å². The number of hydrogen-bond donors (Lipinski definition) is 4. The number of rotatable bonds is 5. The minimum atomic E-state index is -0.425. The number of likely N-dealkylation sites (N-methyl/N-ethyl adjacent to an activating group) is 1. The molecule has 8 heteroatoms. The number of nitrogens with one attached hydrogen (secondary N) is 2. The molecule has 0 atom stereocenters. The number of fused-ring (bicyclic) bond motifs is 2. The minimum absolute atomic E-state index is 0.334. The van der Waals surface area contributed by atoms with Gasteiger partial charge in [-0.15, -0.1) is 0 Å². The normalized spacial score (nSPS) is 14.3. The fraction of sp³-hybridized carbons (Fsp3) is 0.167. The van der Waals surface area contributed by atoms with Crippen molar-refractivity contribution < 1.29 is 9.59 Å². The second kappa shape index (κ2) is 7.28. The molecule has 1 aliphatic heterocycles. The first kappa shape index (κ1) is 19.9. The third kappa shape index (κ3) is 3.12. The van der Waals surface area contributed by atoms with Crippen LogP contribution in [0.1, 0.15) is 11.1 Å². The van der Waals surface area contributed by atoms with E-state index >= 15 is 0 Å². The number of hydrogen-bond acceptors (Lipinski definition) is 5. The van der Waals surface area contributed by atoms with Gasteiger partial charge in [0.1, 0.15) is 0 Å². The second-order valence-corrected chi connectivity index (χ2v) is 8.36. The summed E-state index contributed by atoms with van der Waals surface area (Å²) >= 11 is 0. The average Bonchev–Trinajstić information content (AvgIpc) is 3.38. The van der Waals surface area contributed by atoms with Crippen LogP contribution in [0.2, 0.25) is 0 Å². The Labute approximate surface area is 184 Å². The maximum atomic E-state index is 13.0. The van der Waals surface area contributed by atoms with Crippen LogP contribution >= 0.6 is 0 Å². The van der Waals surface area contributed by atoms with Crippen molar-refractivity contribution in [3.63, 3.8) is 0 Å². The summed E-state index contributed by atoms with van der Waals surface area (Å²) in [5.41, 5.74) is 17.1. The molecule has 0 bridgehead atoms. The molecule has 0 spiro atoms. The van der Waals surface area contributed by atoms with Crippen molar-refractivity contribution >= 4 is 56.1 Å². The van der Waals surface area contributed by atoms with Crippen LogP contribution in [-0.4, -0.2) is 46.9 Å². The molecule has 3 heterocycles. The quantitative estimate of drug-likeness (QED) is 0.287. The van der Waals surface area contributed by atoms with E-state index in [0.29, 0.717) is 33.6 Å². The molecular formula is C24H24N6O2. The zero-order chi connectivity index (χ0) is 22.6. The zero-order valence-corrected chi connectivity index (χ0v) is 17.9. The van der Waals surface area contributed by atoms with Crippen LogP contribution in [0.4, 0.5) is 11.4 Å². The Balaban J connectivity index is 1.78. The Bertz CT molecular complexity index is 1440. The van der Waals surface area contributed by atoms with Gasteiger partial charge in [-0.1, -0.05) is 0 Å².